The predicted octanol–water partition coefficient (Wildman–Crippen LogP) is 2.96. The fourth-order valence-corrected chi connectivity index (χ4v) is 4.34. The minimum absolute atomic E-state index is 0.412. The minimum Gasteiger partial charge on any atom is -0.387 e. The summed E-state index contributed by atoms with van der Waals surface area (Å²) in [6.07, 6.45) is 7.47. The van der Waals surface area contributed by atoms with Crippen LogP contribution in [0.3, 0.4) is 0 Å². The van der Waals surface area contributed by atoms with Crippen LogP contribution in [-0.2, 0) is 0 Å². The van der Waals surface area contributed by atoms with Crippen LogP contribution >= 0.6 is 0 Å². The predicted molar refractivity (Wildman–Crippen MR) is 107 cm³/mol. The first-order chi connectivity index (χ1) is 13.8. The first-order valence-corrected chi connectivity index (χ1v) is 9.93. The highest BCUT2D eigenvalue weighted by atomic mass is 16.3. The van der Waals surface area contributed by atoms with Crippen molar-refractivity contribution in [2.75, 3.05) is 6.54 Å². The summed E-state index contributed by atoms with van der Waals surface area (Å²) in [5, 5.41) is 23.7. The van der Waals surface area contributed by atoms with Crippen LogP contribution in [0.1, 0.15) is 49.0 Å². The van der Waals surface area contributed by atoms with Gasteiger partial charge in [-0.15, -0.1) is 5.10 Å². The van der Waals surface area contributed by atoms with Crippen molar-refractivity contribution in [1.29, 1.82) is 0 Å². The molecule has 3 heterocycles. The molecule has 1 aromatic carbocycles. The molecule has 1 unspecified atom stereocenters. The fraction of sp³-hybridized carbons (Fsp3) is 0.381. The van der Waals surface area contributed by atoms with Gasteiger partial charge in [-0.1, -0.05) is 35.5 Å². The number of benzene rings is 1. The van der Waals surface area contributed by atoms with Gasteiger partial charge in [0.15, 0.2) is 0 Å². The zero-order valence-corrected chi connectivity index (χ0v) is 15.6. The van der Waals surface area contributed by atoms with Crippen molar-refractivity contribution in [3.63, 3.8) is 0 Å². The number of nitrogens with one attached hydrogen (secondary N) is 2. The molecule has 1 aliphatic carbocycles. The Balaban J connectivity index is 1.24. The lowest BCUT2D eigenvalue weighted by Crippen LogP contribution is -2.35. The molecule has 7 heteroatoms. The Labute approximate surface area is 162 Å². The largest absolute Gasteiger partial charge is 0.387 e. The van der Waals surface area contributed by atoms with E-state index in [2.05, 4.69) is 25.6 Å². The SMILES string of the molecule is OC(CNC1CCC(c2nnn3cnc4[nH]ccc4c23)CC1)c1ccccc1. The van der Waals surface area contributed by atoms with Crippen molar-refractivity contribution in [2.24, 2.45) is 0 Å². The van der Waals surface area contributed by atoms with Crippen LogP contribution in [0.5, 0.6) is 0 Å². The van der Waals surface area contributed by atoms with Crippen LogP contribution in [0, 0.1) is 0 Å². The third-order valence-electron chi connectivity index (χ3n) is 5.90. The number of aromatic amines is 1. The van der Waals surface area contributed by atoms with Gasteiger partial charge < -0.3 is 15.4 Å². The Hall–Kier alpha value is -2.77. The monoisotopic (exact) mass is 376 g/mol. The van der Waals surface area contributed by atoms with Crippen molar-refractivity contribution in [1.82, 2.24) is 30.1 Å². The van der Waals surface area contributed by atoms with Crippen LogP contribution in [0.15, 0.2) is 48.9 Å². The van der Waals surface area contributed by atoms with Crippen molar-refractivity contribution in [3.8, 4) is 0 Å². The van der Waals surface area contributed by atoms with Crippen molar-refractivity contribution < 1.29 is 5.11 Å². The molecule has 7 nitrogen and oxygen atoms in total. The van der Waals surface area contributed by atoms with E-state index in [4.69, 9.17) is 0 Å². The summed E-state index contributed by atoms with van der Waals surface area (Å²) in [5.74, 6) is 0.412. The molecule has 1 saturated carbocycles. The van der Waals surface area contributed by atoms with Gasteiger partial charge in [0, 0.05) is 30.1 Å². The Morgan fingerprint density at radius 3 is 2.79 bits per heavy atom. The van der Waals surface area contributed by atoms with Crippen molar-refractivity contribution >= 4 is 16.6 Å². The first kappa shape index (κ1) is 17.3. The maximum Gasteiger partial charge on any atom is 0.141 e. The molecule has 0 spiro atoms. The number of aliphatic hydroxyl groups is 1. The molecular weight excluding hydrogens is 352 g/mol. The topological polar surface area (TPSA) is 91.1 Å². The zero-order valence-electron chi connectivity index (χ0n) is 15.6. The number of hydrogen-bond acceptors (Lipinski definition) is 5. The maximum atomic E-state index is 10.4. The van der Waals surface area contributed by atoms with E-state index >= 15 is 0 Å². The molecule has 5 rings (SSSR count). The Morgan fingerprint density at radius 1 is 1.14 bits per heavy atom. The molecule has 144 valence electrons. The summed E-state index contributed by atoms with van der Waals surface area (Å²) in [5.41, 5.74) is 3.99. The summed E-state index contributed by atoms with van der Waals surface area (Å²) in [7, 11) is 0. The Bertz CT molecular complexity index is 1060. The van der Waals surface area contributed by atoms with Crippen LogP contribution in [0.2, 0.25) is 0 Å². The highest BCUT2D eigenvalue weighted by Crippen LogP contribution is 2.35. The summed E-state index contributed by atoms with van der Waals surface area (Å²) in [6.45, 7) is 0.587. The molecule has 0 saturated heterocycles. The second kappa shape index (κ2) is 7.33. The van der Waals surface area contributed by atoms with Gasteiger partial charge >= 0.3 is 0 Å². The molecule has 4 aromatic rings. The zero-order chi connectivity index (χ0) is 18.9. The molecule has 1 fully saturated rings. The van der Waals surface area contributed by atoms with E-state index in [1.54, 1.807) is 10.8 Å². The average molecular weight is 376 g/mol. The van der Waals surface area contributed by atoms with Crippen LogP contribution in [-0.4, -0.2) is 42.5 Å². The standard InChI is InChI=1S/C21H24N6O/c28-18(14-4-2-1-3-5-14)12-23-16-8-6-15(7-9-16)19-20-17-10-11-22-21(17)24-13-27(20)26-25-19/h1-5,10-11,13,15-16,18,22-23,28H,6-9,12H2. The van der Waals surface area contributed by atoms with Crippen molar-refractivity contribution in [3.05, 3.63) is 60.2 Å². The molecule has 0 aliphatic heterocycles. The summed E-state index contributed by atoms with van der Waals surface area (Å²) in [6, 6.07) is 12.3. The average Bonchev–Trinajstić information content (AvgIpc) is 3.39. The second-order valence-electron chi connectivity index (χ2n) is 7.64. The molecule has 1 aliphatic rings. The quantitative estimate of drug-likeness (QED) is 0.498. The third-order valence-corrected chi connectivity index (χ3v) is 5.90. The van der Waals surface area contributed by atoms with E-state index in [1.165, 1.54) is 0 Å². The van der Waals surface area contributed by atoms with E-state index in [9.17, 15) is 5.11 Å². The number of rotatable bonds is 5. The van der Waals surface area contributed by atoms with Crippen LogP contribution < -0.4 is 5.32 Å². The maximum absolute atomic E-state index is 10.4. The first-order valence-electron chi connectivity index (χ1n) is 9.93. The van der Waals surface area contributed by atoms with Gasteiger partial charge in [-0.2, -0.15) is 0 Å². The lowest BCUT2D eigenvalue weighted by atomic mass is 9.83. The van der Waals surface area contributed by atoms with E-state index in [1.807, 2.05) is 42.6 Å². The van der Waals surface area contributed by atoms with Gasteiger partial charge in [-0.05, 0) is 37.3 Å². The Morgan fingerprint density at radius 2 is 1.96 bits per heavy atom. The molecule has 3 aromatic heterocycles. The second-order valence-corrected chi connectivity index (χ2v) is 7.64. The highest BCUT2D eigenvalue weighted by molar-refractivity contribution is 5.92. The van der Waals surface area contributed by atoms with Gasteiger partial charge in [-0.25, -0.2) is 9.50 Å². The third kappa shape index (κ3) is 3.16. The molecule has 3 N–H and O–H groups in total. The number of fused-ring (bicyclic) bond motifs is 3. The molecule has 0 radical (unpaired) electrons. The molecule has 1 atom stereocenters. The van der Waals surface area contributed by atoms with Crippen LogP contribution in [0.4, 0.5) is 0 Å². The summed E-state index contributed by atoms with van der Waals surface area (Å²) in [4.78, 5) is 7.54. The summed E-state index contributed by atoms with van der Waals surface area (Å²) < 4.78 is 1.78. The number of H-pyrrole nitrogens is 1. The fourth-order valence-electron chi connectivity index (χ4n) is 4.34. The molecule has 0 amide bonds. The lowest BCUT2D eigenvalue weighted by Gasteiger charge is -2.29. The normalized spacial score (nSPS) is 21.3. The lowest BCUT2D eigenvalue weighted by molar-refractivity contribution is 0.164. The number of hydrogen-bond donors (Lipinski definition) is 3. The van der Waals surface area contributed by atoms with E-state index in [0.717, 1.165) is 53.5 Å². The Kier molecular flexibility index (Phi) is 4.54. The van der Waals surface area contributed by atoms with Gasteiger partial charge in [0.2, 0.25) is 0 Å². The van der Waals surface area contributed by atoms with E-state index in [0.29, 0.717) is 18.5 Å². The van der Waals surface area contributed by atoms with E-state index in [-0.39, 0.29) is 0 Å². The molecule has 28 heavy (non-hydrogen) atoms. The van der Waals surface area contributed by atoms with Gasteiger partial charge in [-0.3, -0.25) is 0 Å². The van der Waals surface area contributed by atoms with Gasteiger partial charge in [0.05, 0.1) is 11.8 Å². The smallest absolute Gasteiger partial charge is 0.141 e. The van der Waals surface area contributed by atoms with Gasteiger partial charge in [0.1, 0.15) is 17.5 Å². The van der Waals surface area contributed by atoms with E-state index < -0.39 is 6.10 Å². The number of aliphatic hydroxyl groups excluding tert-OH is 1. The van der Waals surface area contributed by atoms with Gasteiger partial charge in [0.25, 0.3) is 0 Å². The number of nitrogens with zero attached hydrogens (tertiary/aromatic N) is 4. The minimum atomic E-state index is -0.463. The molecular formula is C21H24N6O. The molecule has 0 bridgehead atoms. The highest BCUT2D eigenvalue weighted by Gasteiger charge is 2.27. The van der Waals surface area contributed by atoms with Crippen molar-refractivity contribution in [2.45, 2.75) is 43.7 Å². The number of aromatic nitrogens is 5. The summed E-state index contributed by atoms with van der Waals surface area (Å²) >= 11 is 0. The van der Waals surface area contributed by atoms with Crippen LogP contribution in [0.25, 0.3) is 16.6 Å².